The molecule has 1 saturated heterocycles. The molecule has 0 spiro atoms. The van der Waals surface area contributed by atoms with Gasteiger partial charge in [0.25, 0.3) is 0 Å². The summed E-state index contributed by atoms with van der Waals surface area (Å²) >= 11 is 0. The first kappa shape index (κ1) is 12.5. The Morgan fingerprint density at radius 3 is 2.62 bits per heavy atom. The maximum atomic E-state index is 11.6. The number of carbonyl (C=O) groups is 1. The minimum absolute atomic E-state index is 0. The molecule has 0 unspecified atom stereocenters. The molecule has 1 aliphatic rings. The van der Waals surface area contributed by atoms with E-state index in [0.29, 0.717) is 0 Å². The minimum atomic E-state index is -2.83. The van der Waals surface area contributed by atoms with E-state index in [2.05, 4.69) is 10.1 Å². The van der Waals surface area contributed by atoms with Crippen molar-refractivity contribution in [1.82, 2.24) is 5.32 Å². The van der Waals surface area contributed by atoms with Crippen molar-refractivity contribution in [1.29, 1.82) is 0 Å². The molecular formula is C6H10ClF2NO3. The van der Waals surface area contributed by atoms with E-state index in [9.17, 15) is 13.6 Å². The summed E-state index contributed by atoms with van der Waals surface area (Å²) in [6.45, 7) is -2.66. The summed E-state index contributed by atoms with van der Waals surface area (Å²) in [5.41, 5.74) is 0. The van der Waals surface area contributed by atoms with Crippen LogP contribution in [0, 0.1) is 0 Å². The van der Waals surface area contributed by atoms with Crippen LogP contribution < -0.4 is 5.32 Å². The third kappa shape index (κ3) is 3.84. The van der Waals surface area contributed by atoms with Crippen molar-refractivity contribution < 1.29 is 23.4 Å². The Morgan fingerprint density at radius 1 is 1.62 bits per heavy atom. The van der Waals surface area contributed by atoms with Crippen molar-refractivity contribution in [2.75, 3.05) is 6.54 Å². The van der Waals surface area contributed by atoms with Crippen molar-refractivity contribution in [3.8, 4) is 0 Å². The van der Waals surface area contributed by atoms with E-state index >= 15 is 0 Å². The van der Waals surface area contributed by atoms with Crippen molar-refractivity contribution in [2.45, 2.75) is 25.2 Å². The number of ether oxygens (including phenoxy) is 1. The van der Waals surface area contributed by atoms with Crippen LogP contribution in [0.2, 0.25) is 0 Å². The molecule has 0 bridgehead atoms. The molecule has 13 heavy (non-hydrogen) atoms. The van der Waals surface area contributed by atoms with E-state index in [0.717, 1.165) is 0 Å². The number of alkyl halides is 2. The quantitative estimate of drug-likeness (QED) is 0.721. The zero-order valence-corrected chi connectivity index (χ0v) is 7.39. The van der Waals surface area contributed by atoms with E-state index in [1.165, 1.54) is 0 Å². The van der Waals surface area contributed by atoms with Gasteiger partial charge in [0.15, 0.2) is 0 Å². The highest BCUT2D eigenvalue weighted by atomic mass is 35.5. The second-order valence-corrected chi connectivity index (χ2v) is 2.55. The van der Waals surface area contributed by atoms with Gasteiger partial charge < -0.3 is 15.2 Å². The van der Waals surface area contributed by atoms with E-state index in [1.54, 1.807) is 0 Å². The summed E-state index contributed by atoms with van der Waals surface area (Å²) in [4.78, 5) is 10.3. The molecule has 0 saturated carbocycles. The maximum absolute atomic E-state index is 11.6. The third-order valence-electron chi connectivity index (χ3n) is 1.68. The van der Waals surface area contributed by atoms with Crippen LogP contribution in [0.15, 0.2) is 0 Å². The first-order valence-corrected chi connectivity index (χ1v) is 3.49. The highest BCUT2D eigenvalue weighted by Gasteiger charge is 2.31. The third-order valence-corrected chi connectivity index (χ3v) is 1.68. The Labute approximate surface area is 79.7 Å². The first-order chi connectivity index (χ1) is 5.59. The Hall–Kier alpha value is -0.460. The van der Waals surface area contributed by atoms with Crippen LogP contribution in [0.25, 0.3) is 0 Å². The number of hydrogen-bond donors (Lipinski definition) is 2. The summed E-state index contributed by atoms with van der Waals surface area (Å²) < 4.78 is 27.4. The van der Waals surface area contributed by atoms with Gasteiger partial charge in [-0.3, -0.25) is 4.79 Å². The molecule has 0 aromatic rings. The van der Waals surface area contributed by atoms with E-state index in [4.69, 9.17) is 5.11 Å². The van der Waals surface area contributed by atoms with E-state index in [-0.39, 0.29) is 25.4 Å². The molecule has 7 heteroatoms. The number of halogens is 3. The SMILES string of the molecule is Cl.O=C(O)[C@@H]1C[C@@H](OC(F)F)CN1. The average molecular weight is 218 g/mol. The molecule has 0 aromatic heterocycles. The average Bonchev–Trinajstić information content (AvgIpc) is 2.34. The largest absolute Gasteiger partial charge is 0.480 e. The molecule has 1 rings (SSSR count). The van der Waals surface area contributed by atoms with Crippen molar-refractivity contribution in [2.24, 2.45) is 0 Å². The number of nitrogens with one attached hydrogen (secondary N) is 1. The Kier molecular flexibility index (Phi) is 5.12. The van der Waals surface area contributed by atoms with Gasteiger partial charge in [-0.1, -0.05) is 0 Å². The van der Waals surface area contributed by atoms with Gasteiger partial charge in [0.05, 0.1) is 6.10 Å². The highest BCUT2D eigenvalue weighted by Crippen LogP contribution is 2.13. The van der Waals surface area contributed by atoms with Crippen LogP contribution in [0.1, 0.15) is 6.42 Å². The van der Waals surface area contributed by atoms with Gasteiger partial charge in [-0.05, 0) is 0 Å². The summed E-state index contributed by atoms with van der Waals surface area (Å²) in [5.74, 6) is -1.03. The van der Waals surface area contributed by atoms with Crippen LogP contribution in [-0.4, -0.2) is 36.4 Å². The van der Waals surface area contributed by atoms with E-state index < -0.39 is 24.7 Å². The smallest absolute Gasteiger partial charge is 0.345 e. The zero-order valence-electron chi connectivity index (χ0n) is 6.57. The number of carboxylic acids is 1. The lowest BCUT2D eigenvalue weighted by molar-refractivity contribution is -0.159. The van der Waals surface area contributed by atoms with Gasteiger partial charge in [0.1, 0.15) is 6.04 Å². The second kappa shape index (κ2) is 5.31. The second-order valence-electron chi connectivity index (χ2n) is 2.55. The van der Waals surface area contributed by atoms with E-state index in [1.807, 2.05) is 0 Å². The van der Waals surface area contributed by atoms with Gasteiger partial charge in [0, 0.05) is 13.0 Å². The molecule has 2 atom stereocenters. The lowest BCUT2D eigenvalue weighted by Crippen LogP contribution is -2.30. The molecule has 1 fully saturated rings. The molecule has 1 heterocycles. The van der Waals surface area contributed by atoms with Crippen molar-refractivity contribution in [3.63, 3.8) is 0 Å². The van der Waals surface area contributed by atoms with Crippen molar-refractivity contribution in [3.05, 3.63) is 0 Å². The van der Waals surface area contributed by atoms with Gasteiger partial charge in [0.2, 0.25) is 0 Å². The first-order valence-electron chi connectivity index (χ1n) is 3.49. The normalized spacial score (nSPS) is 27.3. The topological polar surface area (TPSA) is 58.6 Å². The summed E-state index contributed by atoms with van der Waals surface area (Å²) in [6.07, 6.45) is -0.592. The predicted molar refractivity (Wildman–Crippen MR) is 42.2 cm³/mol. The molecule has 0 amide bonds. The Balaban J connectivity index is 0.00000144. The van der Waals surface area contributed by atoms with Crippen LogP contribution in [0.4, 0.5) is 8.78 Å². The molecular weight excluding hydrogens is 208 g/mol. The molecule has 0 aliphatic carbocycles. The highest BCUT2D eigenvalue weighted by molar-refractivity contribution is 5.85. The Bertz CT molecular complexity index is 181. The lowest BCUT2D eigenvalue weighted by Gasteiger charge is -2.08. The van der Waals surface area contributed by atoms with Gasteiger partial charge in [-0.25, -0.2) is 0 Å². The van der Waals surface area contributed by atoms with Crippen molar-refractivity contribution >= 4 is 18.4 Å². The van der Waals surface area contributed by atoms with Gasteiger partial charge in [-0.2, -0.15) is 8.78 Å². The van der Waals surface area contributed by atoms with Crippen LogP contribution in [0.3, 0.4) is 0 Å². The number of aliphatic carboxylic acids is 1. The fourth-order valence-electron chi connectivity index (χ4n) is 1.14. The molecule has 4 nitrogen and oxygen atoms in total. The number of carboxylic acid groups (broad SMARTS) is 1. The number of rotatable bonds is 3. The molecule has 78 valence electrons. The van der Waals surface area contributed by atoms with Crippen LogP contribution in [-0.2, 0) is 9.53 Å². The monoisotopic (exact) mass is 217 g/mol. The standard InChI is InChI=1S/C6H9F2NO3.ClH/c7-6(8)12-3-1-4(5(10)11)9-2-3;/h3-4,6,9H,1-2H2,(H,10,11);1H/t3-,4+;/m1./s1. The minimum Gasteiger partial charge on any atom is -0.480 e. The van der Waals surface area contributed by atoms with Crippen LogP contribution >= 0.6 is 12.4 Å². The maximum Gasteiger partial charge on any atom is 0.345 e. The lowest BCUT2D eigenvalue weighted by atomic mass is 10.2. The van der Waals surface area contributed by atoms with Crippen LogP contribution in [0.5, 0.6) is 0 Å². The zero-order chi connectivity index (χ0) is 9.14. The number of hydrogen-bond acceptors (Lipinski definition) is 3. The molecule has 2 N–H and O–H groups in total. The fraction of sp³-hybridized carbons (Fsp3) is 0.833. The van der Waals surface area contributed by atoms with Gasteiger partial charge in [-0.15, -0.1) is 12.4 Å². The fourth-order valence-corrected chi connectivity index (χ4v) is 1.14. The summed E-state index contributed by atoms with van der Waals surface area (Å²) in [5, 5.41) is 11.0. The van der Waals surface area contributed by atoms with Gasteiger partial charge >= 0.3 is 12.6 Å². The predicted octanol–water partition coefficient (Wildman–Crippen LogP) is 0.462. The molecule has 0 aromatic carbocycles. The summed E-state index contributed by atoms with van der Waals surface area (Å²) in [6, 6.07) is -0.756. The Morgan fingerprint density at radius 2 is 2.23 bits per heavy atom. The summed E-state index contributed by atoms with van der Waals surface area (Å²) in [7, 11) is 0. The molecule has 0 radical (unpaired) electrons. The molecule has 1 aliphatic heterocycles.